The van der Waals surface area contributed by atoms with Gasteiger partial charge in [0.1, 0.15) is 6.04 Å². The van der Waals surface area contributed by atoms with Crippen LogP contribution in [0.2, 0.25) is 0 Å². The van der Waals surface area contributed by atoms with Crippen LogP contribution in [0.1, 0.15) is 24.2 Å². The first kappa shape index (κ1) is 14.0. The molecule has 0 bridgehead atoms. The number of hydrogen-bond donors (Lipinski definition) is 2. The lowest BCUT2D eigenvalue weighted by molar-refractivity contribution is -0.144. The minimum Gasteiger partial charge on any atom is -0.467 e. The Kier molecular flexibility index (Phi) is 4.02. The largest absolute Gasteiger partial charge is 0.467 e. The second-order valence-corrected chi connectivity index (χ2v) is 4.89. The molecule has 1 heterocycles. The molecule has 0 saturated carbocycles. The average Bonchev–Trinajstić information content (AvgIpc) is 2.90. The van der Waals surface area contributed by atoms with Crippen LogP contribution in [0.3, 0.4) is 0 Å². The van der Waals surface area contributed by atoms with Gasteiger partial charge in [-0.05, 0) is 18.1 Å². The van der Waals surface area contributed by atoms with Crippen LogP contribution >= 0.6 is 0 Å². The van der Waals surface area contributed by atoms with E-state index in [-0.39, 0.29) is 11.8 Å². The number of aromatic amines is 1. The Morgan fingerprint density at radius 1 is 1.35 bits per heavy atom. The first-order valence-electron chi connectivity index (χ1n) is 6.34. The molecule has 6 nitrogen and oxygen atoms in total. The van der Waals surface area contributed by atoms with E-state index in [4.69, 9.17) is 4.74 Å². The highest BCUT2D eigenvalue weighted by Gasteiger charge is 2.25. The molecule has 0 saturated heterocycles. The predicted octanol–water partition coefficient (Wildman–Crippen LogP) is 1.49. The fourth-order valence-corrected chi connectivity index (χ4v) is 1.93. The highest BCUT2D eigenvalue weighted by atomic mass is 16.5. The summed E-state index contributed by atoms with van der Waals surface area (Å²) < 4.78 is 4.70. The average molecular weight is 275 g/mol. The third-order valence-electron chi connectivity index (χ3n) is 3.11. The van der Waals surface area contributed by atoms with E-state index in [1.54, 1.807) is 24.4 Å². The predicted molar refractivity (Wildman–Crippen MR) is 74.2 cm³/mol. The fourth-order valence-electron chi connectivity index (χ4n) is 1.93. The van der Waals surface area contributed by atoms with Crippen LogP contribution in [-0.2, 0) is 9.53 Å². The number of benzene rings is 1. The first-order chi connectivity index (χ1) is 9.52. The van der Waals surface area contributed by atoms with Gasteiger partial charge in [0.2, 0.25) is 0 Å². The summed E-state index contributed by atoms with van der Waals surface area (Å²) >= 11 is 0. The van der Waals surface area contributed by atoms with Crippen molar-refractivity contribution in [3.05, 3.63) is 30.0 Å². The maximum Gasteiger partial charge on any atom is 0.328 e. The maximum atomic E-state index is 12.2. The minimum absolute atomic E-state index is 0.0534. The molecule has 0 radical (unpaired) electrons. The van der Waals surface area contributed by atoms with Crippen LogP contribution in [0.4, 0.5) is 0 Å². The molecule has 1 unspecified atom stereocenters. The Balaban J connectivity index is 2.19. The van der Waals surface area contributed by atoms with Crippen LogP contribution in [0, 0.1) is 5.92 Å². The van der Waals surface area contributed by atoms with E-state index in [0.29, 0.717) is 5.56 Å². The summed E-state index contributed by atoms with van der Waals surface area (Å²) in [5, 5.41) is 10.3. The Morgan fingerprint density at radius 3 is 2.75 bits per heavy atom. The van der Waals surface area contributed by atoms with E-state index in [0.717, 1.165) is 10.9 Å². The van der Waals surface area contributed by atoms with Crippen LogP contribution < -0.4 is 5.32 Å². The lowest BCUT2D eigenvalue weighted by atomic mass is 10.0. The van der Waals surface area contributed by atoms with E-state index in [1.165, 1.54) is 7.11 Å². The van der Waals surface area contributed by atoms with Gasteiger partial charge in [-0.2, -0.15) is 5.10 Å². The Hall–Kier alpha value is -2.37. The molecular formula is C14H17N3O3. The molecule has 0 aliphatic rings. The molecule has 20 heavy (non-hydrogen) atoms. The van der Waals surface area contributed by atoms with E-state index in [1.807, 2.05) is 13.8 Å². The highest BCUT2D eigenvalue weighted by Crippen LogP contribution is 2.13. The number of H-pyrrole nitrogens is 1. The number of amides is 1. The van der Waals surface area contributed by atoms with Crippen molar-refractivity contribution in [2.75, 3.05) is 7.11 Å². The van der Waals surface area contributed by atoms with Gasteiger partial charge in [-0.25, -0.2) is 4.79 Å². The quantitative estimate of drug-likeness (QED) is 0.828. The molecule has 0 aliphatic carbocycles. The number of carbonyl (C=O) groups excluding carboxylic acids is 2. The van der Waals surface area contributed by atoms with Crippen molar-refractivity contribution in [2.45, 2.75) is 19.9 Å². The second-order valence-electron chi connectivity index (χ2n) is 4.89. The standard InChI is InChI=1S/C14H17N3O3/c1-8(2)12(14(19)20-3)16-13(18)9-4-5-10-7-15-17-11(10)6-9/h4-8,12H,1-3H3,(H,15,17)(H,16,18). The van der Waals surface area contributed by atoms with Gasteiger partial charge in [0.25, 0.3) is 5.91 Å². The molecule has 1 amide bonds. The number of ether oxygens (including phenoxy) is 1. The molecule has 0 aliphatic heterocycles. The van der Waals surface area contributed by atoms with Crippen molar-refractivity contribution in [3.8, 4) is 0 Å². The van der Waals surface area contributed by atoms with E-state index in [2.05, 4.69) is 15.5 Å². The third-order valence-corrected chi connectivity index (χ3v) is 3.11. The van der Waals surface area contributed by atoms with Crippen LogP contribution in [0.25, 0.3) is 10.9 Å². The molecule has 1 atom stereocenters. The topological polar surface area (TPSA) is 84.1 Å². The van der Waals surface area contributed by atoms with Crippen LogP contribution in [0.5, 0.6) is 0 Å². The van der Waals surface area contributed by atoms with E-state index >= 15 is 0 Å². The number of esters is 1. The van der Waals surface area contributed by atoms with Gasteiger partial charge < -0.3 is 10.1 Å². The van der Waals surface area contributed by atoms with Crippen molar-refractivity contribution in [1.82, 2.24) is 15.5 Å². The van der Waals surface area contributed by atoms with Crippen molar-refractivity contribution in [3.63, 3.8) is 0 Å². The van der Waals surface area contributed by atoms with E-state index in [9.17, 15) is 9.59 Å². The third kappa shape index (κ3) is 2.79. The number of aromatic nitrogens is 2. The van der Waals surface area contributed by atoms with Gasteiger partial charge in [-0.15, -0.1) is 0 Å². The Morgan fingerprint density at radius 2 is 2.10 bits per heavy atom. The van der Waals surface area contributed by atoms with Gasteiger partial charge in [0.05, 0.1) is 18.8 Å². The monoisotopic (exact) mass is 275 g/mol. The van der Waals surface area contributed by atoms with Gasteiger partial charge in [0, 0.05) is 10.9 Å². The number of methoxy groups -OCH3 is 1. The number of hydrogen-bond acceptors (Lipinski definition) is 4. The maximum absolute atomic E-state index is 12.2. The van der Waals surface area contributed by atoms with Gasteiger partial charge in [0.15, 0.2) is 0 Å². The van der Waals surface area contributed by atoms with Crippen molar-refractivity contribution in [1.29, 1.82) is 0 Å². The van der Waals surface area contributed by atoms with Crippen molar-refractivity contribution >= 4 is 22.8 Å². The van der Waals surface area contributed by atoms with Gasteiger partial charge >= 0.3 is 5.97 Å². The number of fused-ring (bicyclic) bond motifs is 1. The molecular weight excluding hydrogens is 258 g/mol. The summed E-state index contributed by atoms with van der Waals surface area (Å²) in [6.45, 7) is 3.69. The van der Waals surface area contributed by atoms with Gasteiger partial charge in [-0.1, -0.05) is 19.9 Å². The minimum atomic E-state index is -0.662. The zero-order chi connectivity index (χ0) is 14.7. The highest BCUT2D eigenvalue weighted by molar-refractivity contribution is 5.99. The SMILES string of the molecule is COC(=O)C(NC(=O)c1ccc2cn[nH]c2c1)C(C)C. The van der Waals surface area contributed by atoms with E-state index < -0.39 is 12.0 Å². The molecule has 2 aromatic rings. The summed E-state index contributed by atoms with van der Waals surface area (Å²) in [6, 6.07) is 4.54. The number of nitrogens with one attached hydrogen (secondary N) is 2. The lowest BCUT2D eigenvalue weighted by Crippen LogP contribution is -2.45. The smallest absolute Gasteiger partial charge is 0.328 e. The second kappa shape index (κ2) is 5.73. The molecule has 1 aromatic carbocycles. The number of rotatable bonds is 4. The van der Waals surface area contributed by atoms with Crippen LogP contribution in [0.15, 0.2) is 24.4 Å². The zero-order valence-corrected chi connectivity index (χ0v) is 11.6. The summed E-state index contributed by atoms with van der Waals surface area (Å²) in [4.78, 5) is 23.8. The molecule has 2 N–H and O–H groups in total. The van der Waals surface area contributed by atoms with Crippen molar-refractivity contribution in [2.24, 2.45) is 5.92 Å². The molecule has 106 valence electrons. The summed E-state index contributed by atoms with van der Waals surface area (Å²) in [5.74, 6) is -0.816. The normalized spacial score (nSPS) is 12.4. The fraction of sp³-hybridized carbons (Fsp3) is 0.357. The number of carbonyl (C=O) groups is 2. The molecule has 0 fully saturated rings. The summed E-state index contributed by atoms with van der Waals surface area (Å²) in [5.41, 5.74) is 1.24. The summed E-state index contributed by atoms with van der Waals surface area (Å²) in [7, 11) is 1.31. The number of nitrogens with zero attached hydrogens (tertiary/aromatic N) is 1. The van der Waals surface area contributed by atoms with Crippen LogP contribution in [-0.4, -0.2) is 35.2 Å². The molecule has 6 heteroatoms. The Labute approximate surface area is 116 Å². The Bertz CT molecular complexity index is 633. The lowest BCUT2D eigenvalue weighted by Gasteiger charge is -2.19. The van der Waals surface area contributed by atoms with Crippen molar-refractivity contribution < 1.29 is 14.3 Å². The zero-order valence-electron chi connectivity index (χ0n) is 11.6. The van der Waals surface area contributed by atoms with Gasteiger partial charge in [-0.3, -0.25) is 9.89 Å². The molecule has 1 aromatic heterocycles. The summed E-state index contributed by atoms with van der Waals surface area (Å²) in [6.07, 6.45) is 1.68. The molecule has 2 rings (SSSR count). The first-order valence-corrected chi connectivity index (χ1v) is 6.34. The molecule has 0 spiro atoms.